The molecule has 1 unspecified atom stereocenters. The molecular formula is C24H30N4O2S. The third-order valence-corrected chi connectivity index (χ3v) is 7.41. The molecular weight excluding hydrogens is 408 g/mol. The Kier molecular flexibility index (Phi) is 6.32. The molecule has 6 nitrogen and oxygen atoms in total. The molecule has 0 spiro atoms. The summed E-state index contributed by atoms with van der Waals surface area (Å²) in [6.45, 7) is 4.12. The van der Waals surface area contributed by atoms with E-state index in [-0.39, 0.29) is 11.9 Å². The standard InChI is InChI=1S/C24H30N4O2S/c29-24-15-21(28-18-31-23(25-28)11-10-22-5-4-14-30-22)17-27(24)20-8-6-19(7-9-20)16-26-12-2-1-3-13-26/h4-9,14,21H,1-3,10-13,15-18H2. The number of amides is 1. The van der Waals surface area contributed by atoms with Crippen molar-refractivity contribution in [3.8, 4) is 0 Å². The van der Waals surface area contributed by atoms with E-state index in [9.17, 15) is 4.79 Å². The van der Waals surface area contributed by atoms with Crippen LogP contribution < -0.4 is 4.90 Å². The lowest BCUT2D eigenvalue weighted by molar-refractivity contribution is -0.117. The van der Waals surface area contributed by atoms with Gasteiger partial charge in [-0.25, -0.2) is 0 Å². The second kappa shape index (κ2) is 9.49. The molecule has 164 valence electrons. The zero-order valence-electron chi connectivity index (χ0n) is 17.9. The zero-order chi connectivity index (χ0) is 21.0. The van der Waals surface area contributed by atoms with Gasteiger partial charge in [-0.2, -0.15) is 5.10 Å². The largest absolute Gasteiger partial charge is 0.469 e. The van der Waals surface area contributed by atoms with Crippen molar-refractivity contribution in [3.63, 3.8) is 0 Å². The summed E-state index contributed by atoms with van der Waals surface area (Å²) >= 11 is 1.78. The monoisotopic (exact) mass is 438 g/mol. The highest BCUT2D eigenvalue weighted by Gasteiger charge is 2.36. The second-order valence-electron chi connectivity index (χ2n) is 8.65. The van der Waals surface area contributed by atoms with Gasteiger partial charge in [-0.3, -0.25) is 14.7 Å². The SMILES string of the molecule is O=C1CC(N2CSC(CCc3ccco3)=N2)CN1c1ccc(CN2CCCCC2)cc1. The van der Waals surface area contributed by atoms with Crippen LogP contribution in [0, 0.1) is 0 Å². The van der Waals surface area contributed by atoms with Crippen LogP contribution in [0.5, 0.6) is 0 Å². The number of carbonyl (C=O) groups is 1. The summed E-state index contributed by atoms with van der Waals surface area (Å²) in [5, 5.41) is 8.03. The highest BCUT2D eigenvalue weighted by molar-refractivity contribution is 8.14. The summed E-state index contributed by atoms with van der Waals surface area (Å²) in [6.07, 6.45) is 7.98. The normalized spacial score (nSPS) is 22.4. The van der Waals surface area contributed by atoms with Crippen LogP contribution in [-0.4, -0.2) is 52.4 Å². The molecule has 3 aliphatic rings. The second-order valence-corrected chi connectivity index (χ2v) is 9.67. The predicted molar refractivity (Wildman–Crippen MR) is 125 cm³/mol. The van der Waals surface area contributed by atoms with Crippen LogP contribution in [0.2, 0.25) is 0 Å². The molecule has 4 heterocycles. The van der Waals surface area contributed by atoms with Crippen molar-refractivity contribution in [1.82, 2.24) is 9.91 Å². The van der Waals surface area contributed by atoms with Crippen molar-refractivity contribution < 1.29 is 9.21 Å². The molecule has 0 aliphatic carbocycles. The maximum absolute atomic E-state index is 12.7. The molecule has 1 atom stereocenters. The minimum absolute atomic E-state index is 0.147. The van der Waals surface area contributed by atoms with E-state index in [1.807, 2.05) is 17.0 Å². The summed E-state index contributed by atoms with van der Waals surface area (Å²) in [5.74, 6) is 2.01. The Hall–Kier alpha value is -2.25. The molecule has 31 heavy (non-hydrogen) atoms. The topological polar surface area (TPSA) is 52.3 Å². The van der Waals surface area contributed by atoms with E-state index in [1.54, 1.807) is 18.0 Å². The Morgan fingerprint density at radius 1 is 1.06 bits per heavy atom. The molecule has 0 N–H and O–H groups in total. The fourth-order valence-electron chi connectivity index (χ4n) is 4.63. The summed E-state index contributed by atoms with van der Waals surface area (Å²) < 4.78 is 5.42. The number of aryl methyl sites for hydroxylation is 1. The first-order chi connectivity index (χ1) is 15.2. The van der Waals surface area contributed by atoms with Crippen LogP contribution in [0.15, 0.2) is 52.2 Å². The van der Waals surface area contributed by atoms with Crippen LogP contribution >= 0.6 is 11.8 Å². The first-order valence-electron chi connectivity index (χ1n) is 11.4. The average Bonchev–Trinajstić information content (AvgIpc) is 3.55. The minimum Gasteiger partial charge on any atom is -0.469 e. The lowest BCUT2D eigenvalue weighted by Crippen LogP contribution is -2.32. The van der Waals surface area contributed by atoms with Gasteiger partial charge in [0.1, 0.15) is 5.76 Å². The number of furan rings is 1. The zero-order valence-corrected chi connectivity index (χ0v) is 18.7. The predicted octanol–water partition coefficient (Wildman–Crippen LogP) is 4.32. The van der Waals surface area contributed by atoms with Gasteiger partial charge in [-0.05, 0) is 55.8 Å². The molecule has 1 aromatic carbocycles. The minimum atomic E-state index is 0.147. The maximum Gasteiger partial charge on any atom is 0.229 e. The molecule has 2 saturated heterocycles. The number of carbonyl (C=O) groups excluding carboxylic acids is 1. The van der Waals surface area contributed by atoms with Gasteiger partial charge < -0.3 is 9.32 Å². The van der Waals surface area contributed by atoms with Crippen LogP contribution in [0.4, 0.5) is 5.69 Å². The van der Waals surface area contributed by atoms with Gasteiger partial charge in [0, 0.05) is 31.6 Å². The molecule has 1 aromatic heterocycles. The molecule has 0 radical (unpaired) electrons. The summed E-state index contributed by atoms with van der Waals surface area (Å²) in [5.41, 5.74) is 2.33. The number of benzene rings is 1. The van der Waals surface area contributed by atoms with Gasteiger partial charge in [0.05, 0.1) is 29.6 Å². The number of rotatable bonds is 7. The van der Waals surface area contributed by atoms with E-state index < -0.39 is 0 Å². The molecule has 3 aliphatic heterocycles. The number of likely N-dealkylation sites (tertiary alicyclic amines) is 1. The summed E-state index contributed by atoms with van der Waals surface area (Å²) in [6, 6.07) is 12.6. The van der Waals surface area contributed by atoms with Gasteiger partial charge >= 0.3 is 0 Å². The van der Waals surface area contributed by atoms with Crippen molar-refractivity contribution in [3.05, 3.63) is 54.0 Å². The van der Waals surface area contributed by atoms with Gasteiger partial charge in [0.2, 0.25) is 5.91 Å². The number of hydrogen-bond donors (Lipinski definition) is 0. The van der Waals surface area contributed by atoms with Crippen LogP contribution in [-0.2, 0) is 17.8 Å². The highest BCUT2D eigenvalue weighted by Crippen LogP contribution is 2.30. The van der Waals surface area contributed by atoms with Crippen LogP contribution in [0.1, 0.15) is 43.4 Å². The van der Waals surface area contributed by atoms with E-state index in [2.05, 4.69) is 34.2 Å². The van der Waals surface area contributed by atoms with Crippen LogP contribution in [0.3, 0.4) is 0 Å². The van der Waals surface area contributed by atoms with E-state index in [1.165, 1.54) is 37.9 Å². The number of piperidine rings is 1. The van der Waals surface area contributed by atoms with Crippen molar-refractivity contribution in [2.45, 2.75) is 51.1 Å². The number of hydrogen-bond acceptors (Lipinski definition) is 6. The van der Waals surface area contributed by atoms with Gasteiger partial charge in [-0.1, -0.05) is 30.3 Å². The third-order valence-electron chi connectivity index (χ3n) is 6.40. The average molecular weight is 439 g/mol. The molecule has 2 fully saturated rings. The van der Waals surface area contributed by atoms with Crippen molar-refractivity contribution in [2.75, 3.05) is 30.4 Å². The third kappa shape index (κ3) is 4.99. The number of hydrazone groups is 1. The summed E-state index contributed by atoms with van der Waals surface area (Å²) in [7, 11) is 0. The fraction of sp³-hybridized carbons (Fsp3) is 0.500. The Labute approximate surface area is 188 Å². The van der Waals surface area contributed by atoms with Gasteiger partial charge in [0.25, 0.3) is 0 Å². The highest BCUT2D eigenvalue weighted by atomic mass is 32.2. The van der Waals surface area contributed by atoms with Crippen LogP contribution in [0.25, 0.3) is 0 Å². The molecule has 5 rings (SSSR count). The summed E-state index contributed by atoms with van der Waals surface area (Å²) in [4.78, 5) is 17.2. The van der Waals surface area contributed by atoms with E-state index in [0.717, 1.165) is 41.8 Å². The van der Waals surface area contributed by atoms with Crippen molar-refractivity contribution >= 4 is 28.4 Å². The molecule has 2 aromatic rings. The smallest absolute Gasteiger partial charge is 0.229 e. The quantitative estimate of drug-likeness (QED) is 0.644. The Bertz CT molecular complexity index is 906. The maximum atomic E-state index is 12.7. The van der Waals surface area contributed by atoms with E-state index >= 15 is 0 Å². The number of nitrogens with zero attached hydrogens (tertiary/aromatic N) is 4. The molecule has 1 amide bonds. The Balaban J connectivity index is 1.16. The number of thioether (sulfide) groups is 1. The Morgan fingerprint density at radius 3 is 2.68 bits per heavy atom. The van der Waals surface area contributed by atoms with Gasteiger partial charge in [0.15, 0.2) is 0 Å². The number of anilines is 1. The first kappa shape index (κ1) is 20.6. The lowest BCUT2D eigenvalue weighted by atomic mass is 10.1. The molecule has 0 bridgehead atoms. The Morgan fingerprint density at radius 2 is 1.90 bits per heavy atom. The van der Waals surface area contributed by atoms with Gasteiger partial charge in [-0.15, -0.1) is 0 Å². The lowest BCUT2D eigenvalue weighted by Gasteiger charge is -2.26. The van der Waals surface area contributed by atoms with E-state index in [4.69, 9.17) is 9.52 Å². The van der Waals surface area contributed by atoms with E-state index in [0.29, 0.717) is 13.0 Å². The fourth-order valence-corrected chi connectivity index (χ4v) is 5.59. The van der Waals surface area contributed by atoms with Crippen molar-refractivity contribution in [2.24, 2.45) is 5.10 Å². The molecule has 7 heteroatoms. The molecule has 0 saturated carbocycles. The van der Waals surface area contributed by atoms with Crippen molar-refractivity contribution in [1.29, 1.82) is 0 Å². The first-order valence-corrected chi connectivity index (χ1v) is 12.3.